The molecular formula is C28H27F2N5O3. The van der Waals surface area contributed by atoms with Crippen LogP contribution in [0, 0.1) is 25.5 Å². The maximum absolute atomic E-state index is 14.2. The zero-order valence-electron chi connectivity index (χ0n) is 21.4. The average molecular weight is 520 g/mol. The van der Waals surface area contributed by atoms with Crippen LogP contribution in [0.3, 0.4) is 0 Å². The molecule has 4 aromatic rings. The van der Waals surface area contributed by atoms with E-state index in [1.54, 1.807) is 16.7 Å². The number of aryl methyl sites for hydroxylation is 2. The van der Waals surface area contributed by atoms with Crippen LogP contribution in [-0.4, -0.2) is 44.5 Å². The quantitative estimate of drug-likeness (QED) is 0.368. The third-order valence-electron chi connectivity index (χ3n) is 7.64. The number of hydrogen-bond donors (Lipinski definition) is 0. The number of aromatic nitrogens is 3. The Hall–Kier alpha value is -4.08. The summed E-state index contributed by atoms with van der Waals surface area (Å²) in [5.41, 5.74) is 4.52. The van der Waals surface area contributed by atoms with Crippen molar-refractivity contribution >= 4 is 28.5 Å². The van der Waals surface area contributed by atoms with Gasteiger partial charge in [-0.1, -0.05) is 11.2 Å². The maximum atomic E-state index is 14.2. The highest BCUT2D eigenvalue weighted by molar-refractivity contribution is 5.95. The van der Waals surface area contributed by atoms with Crippen molar-refractivity contribution in [2.75, 3.05) is 18.0 Å². The van der Waals surface area contributed by atoms with Gasteiger partial charge in [0.2, 0.25) is 11.8 Å². The van der Waals surface area contributed by atoms with Crippen LogP contribution in [0.5, 0.6) is 0 Å². The van der Waals surface area contributed by atoms with Gasteiger partial charge in [-0.25, -0.2) is 13.8 Å². The monoisotopic (exact) mass is 519 g/mol. The summed E-state index contributed by atoms with van der Waals surface area (Å²) in [6, 6.07) is 9.02. The van der Waals surface area contributed by atoms with Gasteiger partial charge in [0.1, 0.15) is 11.6 Å². The molecule has 10 heteroatoms. The number of fused-ring (bicyclic) bond motifs is 1. The van der Waals surface area contributed by atoms with Gasteiger partial charge in [0.25, 0.3) is 0 Å². The van der Waals surface area contributed by atoms with E-state index >= 15 is 0 Å². The van der Waals surface area contributed by atoms with E-state index in [0.717, 1.165) is 40.0 Å². The minimum absolute atomic E-state index is 0.00386. The van der Waals surface area contributed by atoms with Gasteiger partial charge >= 0.3 is 0 Å². The molecule has 8 nitrogen and oxygen atoms in total. The summed E-state index contributed by atoms with van der Waals surface area (Å²) in [5.74, 6) is -0.756. The van der Waals surface area contributed by atoms with Crippen LogP contribution in [0.2, 0.25) is 0 Å². The molecule has 4 heterocycles. The van der Waals surface area contributed by atoms with Crippen LogP contribution in [0.25, 0.3) is 22.2 Å². The summed E-state index contributed by atoms with van der Waals surface area (Å²) in [7, 11) is 0. The lowest BCUT2D eigenvalue weighted by atomic mass is 9.98. The predicted molar refractivity (Wildman–Crippen MR) is 136 cm³/mol. The molecule has 2 aromatic carbocycles. The number of piperidine rings is 1. The first kappa shape index (κ1) is 24.3. The smallest absolute Gasteiger partial charge is 0.227 e. The summed E-state index contributed by atoms with van der Waals surface area (Å²) in [4.78, 5) is 33.5. The number of amides is 2. The van der Waals surface area contributed by atoms with Crippen molar-refractivity contribution in [1.82, 2.24) is 19.6 Å². The number of rotatable bonds is 4. The van der Waals surface area contributed by atoms with Gasteiger partial charge in [-0.05, 0) is 56.5 Å². The molecule has 2 aliphatic rings. The van der Waals surface area contributed by atoms with Crippen molar-refractivity contribution in [3.05, 3.63) is 65.3 Å². The summed E-state index contributed by atoms with van der Waals surface area (Å²) in [5, 5.41) is 4.07. The molecule has 2 aliphatic heterocycles. The Morgan fingerprint density at radius 2 is 1.87 bits per heavy atom. The molecule has 196 valence electrons. The SMILES string of the molecule is CC(=O)N1CC(n2c([C@@H]3CCCC(=O)N3c3ccc(F)c(F)c3)nc3cc(-c4c(C)noc4C)ccc32)C1. The van der Waals surface area contributed by atoms with Crippen molar-refractivity contribution in [2.24, 2.45) is 0 Å². The molecule has 2 saturated heterocycles. The van der Waals surface area contributed by atoms with Crippen molar-refractivity contribution in [3.8, 4) is 11.1 Å². The first-order valence-corrected chi connectivity index (χ1v) is 12.7. The first-order valence-electron chi connectivity index (χ1n) is 12.7. The number of halogens is 2. The van der Waals surface area contributed by atoms with Crippen molar-refractivity contribution in [2.45, 2.75) is 52.1 Å². The van der Waals surface area contributed by atoms with Gasteiger partial charge < -0.3 is 18.9 Å². The Labute approximate surface area is 217 Å². The number of likely N-dealkylation sites (tertiary alicyclic amines) is 1. The molecule has 0 aliphatic carbocycles. The van der Waals surface area contributed by atoms with Crippen molar-refractivity contribution < 1.29 is 22.9 Å². The minimum Gasteiger partial charge on any atom is -0.361 e. The largest absolute Gasteiger partial charge is 0.361 e. The lowest BCUT2D eigenvalue weighted by Gasteiger charge is -2.42. The number of carbonyl (C=O) groups excluding carboxylic acids is 2. The highest BCUT2D eigenvalue weighted by Gasteiger charge is 2.39. The Morgan fingerprint density at radius 3 is 2.55 bits per heavy atom. The van der Waals surface area contributed by atoms with E-state index in [0.29, 0.717) is 49.6 Å². The van der Waals surface area contributed by atoms with Crippen LogP contribution in [0.1, 0.15) is 55.5 Å². The van der Waals surface area contributed by atoms with Gasteiger partial charge in [-0.2, -0.15) is 0 Å². The number of anilines is 1. The highest BCUT2D eigenvalue weighted by atomic mass is 19.2. The molecule has 1 atom stereocenters. The lowest BCUT2D eigenvalue weighted by Crippen LogP contribution is -2.51. The van der Waals surface area contributed by atoms with E-state index in [1.165, 1.54) is 6.07 Å². The van der Waals surface area contributed by atoms with E-state index in [2.05, 4.69) is 9.72 Å². The van der Waals surface area contributed by atoms with Crippen LogP contribution >= 0.6 is 0 Å². The number of imidazole rings is 1. The van der Waals surface area contributed by atoms with Crippen LogP contribution in [0.15, 0.2) is 40.9 Å². The van der Waals surface area contributed by atoms with Gasteiger partial charge in [-0.3, -0.25) is 9.59 Å². The van der Waals surface area contributed by atoms with Gasteiger partial charge in [-0.15, -0.1) is 0 Å². The van der Waals surface area contributed by atoms with Crippen LogP contribution < -0.4 is 4.90 Å². The fourth-order valence-electron chi connectivity index (χ4n) is 5.74. The van der Waals surface area contributed by atoms with E-state index in [1.807, 2.05) is 32.0 Å². The molecule has 0 unspecified atom stereocenters. The molecule has 0 radical (unpaired) electrons. The number of carbonyl (C=O) groups is 2. The number of hydrogen-bond acceptors (Lipinski definition) is 5. The van der Waals surface area contributed by atoms with Crippen molar-refractivity contribution in [1.29, 1.82) is 0 Å². The summed E-state index contributed by atoms with van der Waals surface area (Å²) >= 11 is 0. The third-order valence-corrected chi connectivity index (χ3v) is 7.64. The summed E-state index contributed by atoms with van der Waals surface area (Å²) in [6.07, 6.45) is 1.59. The van der Waals surface area contributed by atoms with E-state index in [9.17, 15) is 18.4 Å². The molecule has 0 spiro atoms. The normalized spacial score (nSPS) is 18.3. The molecule has 0 bridgehead atoms. The van der Waals surface area contributed by atoms with E-state index < -0.39 is 17.7 Å². The Bertz CT molecular complexity index is 1570. The highest BCUT2D eigenvalue weighted by Crippen LogP contribution is 2.40. The molecule has 6 rings (SSSR count). The molecule has 2 fully saturated rings. The van der Waals surface area contributed by atoms with Crippen LogP contribution in [-0.2, 0) is 9.59 Å². The second kappa shape index (κ2) is 9.04. The molecule has 0 saturated carbocycles. The molecular weight excluding hydrogens is 492 g/mol. The average Bonchev–Trinajstić information content (AvgIpc) is 3.38. The fourth-order valence-corrected chi connectivity index (χ4v) is 5.74. The Kier molecular flexibility index (Phi) is 5.77. The summed E-state index contributed by atoms with van der Waals surface area (Å²) in [6.45, 7) is 6.36. The zero-order chi connectivity index (χ0) is 26.7. The van der Waals surface area contributed by atoms with Gasteiger partial charge in [0, 0.05) is 43.8 Å². The fraction of sp³-hybridized carbons (Fsp3) is 0.357. The molecule has 2 amide bonds. The number of benzene rings is 2. The standard InChI is InChI=1S/C28H27F2N5O3/c1-15-27(16(2)38-32-15)18-7-10-24-23(11-18)31-28(35(24)20-13-33(14-20)17(3)36)25-5-4-6-26(37)34(25)19-8-9-21(29)22(30)12-19/h7-12,20,25H,4-6,13-14H2,1-3H3/t25-/m0/s1. The zero-order valence-corrected chi connectivity index (χ0v) is 21.4. The molecule has 38 heavy (non-hydrogen) atoms. The van der Waals surface area contributed by atoms with E-state index in [4.69, 9.17) is 9.51 Å². The lowest BCUT2D eigenvalue weighted by molar-refractivity contribution is -0.134. The Balaban J connectivity index is 1.50. The second-order valence-electron chi connectivity index (χ2n) is 10.1. The minimum atomic E-state index is -1.01. The van der Waals surface area contributed by atoms with Gasteiger partial charge in [0.15, 0.2) is 11.6 Å². The number of nitrogens with zero attached hydrogens (tertiary/aromatic N) is 5. The Morgan fingerprint density at radius 1 is 1.08 bits per heavy atom. The predicted octanol–water partition coefficient (Wildman–Crippen LogP) is 5.25. The van der Waals surface area contributed by atoms with Gasteiger partial charge in [0.05, 0.1) is 28.8 Å². The second-order valence-corrected chi connectivity index (χ2v) is 10.1. The summed E-state index contributed by atoms with van der Waals surface area (Å²) < 4.78 is 35.4. The van der Waals surface area contributed by atoms with Crippen molar-refractivity contribution in [3.63, 3.8) is 0 Å². The molecule has 0 N–H and O–H groups in total. The first-order chi connectivity index (χ1) is 18.2. The third kappa shape index (κ3) is 3.86. The maximum Gasteiger partial charge on any atom is 0.227 e. The van der Waals surface area contributed by atoms with E-state index in [-0.39, 0.29) is 17.9 Å². The topological polar surface area (TPSA) is 84.5 Å². The van der Waals surface area contributed by atoms with Crippen LogP contribution in [0.4, 0.5) is 14.5 Å². The molecule has 2 aromatic heterocycles.